The second-order valence-corrected chi connectivity index (χ2v) is 5.47. The first-order chi connectivity index (χ1) is 8.88. The van der Waals surface area contributed by atoms with Crippen molar-refractivity contribution in [3.8, 4) is 0 Å². The molecule has 0 saturated carbocycles. The van der Waals surface area contributed by atoms with E-state index in [1.807, 2.05) is 0 Å². The molecular weight excluding hydrogens is 314 g/mol. The van der Waals surface area contributed by atoms with E-state index in [2.05, 4.69) is 15.9 Å². The number of rotatable bonds is 2. The highest BCUT2D eigenvalue weighted by atomic mass is 79.9. The number of aliphatic hydroxyl groups excluding tert-OH is 1. The van der Waals surface area contributed by atoms with Crippen LogP contribution in [0.3, 0.4) is 0 Å². The van der Waals surface area contributed by atoms with E-state index >= 15 is 0 Å². The van der Waals surface area contributed by atoms with E-state index in [1.165, 1.54) is 24.3 Å². The van der Waals surface area contributed by atoms with Crippen molar-refractivity contribution in [2.24, 2.45) is 0 Å². The van der Waals surface area contributed by atoms with Gasteiger partial charge in [0.1, 0.15) is 17.7 Å². The highest BCUT2D eigenvalue weighted by Crippen LogP contribution is 2.30. The molecule has 2 rings (SSSR count). The first-order valence-corrected chi connectivity index (χ1v) is 6.58. The maximum atomic E-state index is 13.4. The van der Waals surface area contributed by atoms with E-state index < -0.39 is 11.9 Å². The van der Waals surface area contributed by atoms with E-state index in [-0.39, 0.29) is 5.82 Å². The summed E-state index contributed by atoms with van der Waals surface area (Å²) in [4.78, 5) is 0. The standard InChI is InChI=1S/C15H13BrF2O/c1-8-3-12(17)4-9(2)14(8)15(19)10-5-11(16)7-13(18)6-10/h3-7,15,19H,1-2H3. The van der Waals surface area contributed by atoms with Crippen LogP contribution >= 0.6 is 15.9 Å². The normalized spacial score (nSPS) is 12.5. The summed E-state index contributed by atoms with van der Waals surface area (Å²) in [5.41, 5.74) is 2.33. The van der Waals surface area contributed by atoms with Crippen LogP contribution in [0.2, 0.25) is 0 Å². The Kier molecular flexibility index (Phi) is 4.02. The second-order valence-electron chi connectivity index (χ2n) is 4.56. The van der Waals surface area contributed by atoms with E-state index in [4.69, 9.17) is 0 Å². The molecule has 0 bridgehead atoms. The molecule has 0 spiro atoms. The lowest BCUT2D eigenvalue weighted by molar-refractivity contribution is 0.218. The lowest BCUT2D eigenvalue weighted by Gasteiger charge is -2.17. The van der Waals surface area contributed by atoms with Gasteiger partial charge in [0.05, 0.1) is 0 Å². The van der Waals surface area contributed by atoms with E-state index in [1.54, 1.807) is 19.9 Å². The summed E-state index contributed by atoms with van der Waals surface area (Å²) < 4.78 is 27.2. The van der Waals surface area contributed by atoms with Crippen molar-refractivity contribution in [2.75, 3.05) is 0 Å². The molecule has 1 nitrogen and oxygen atoms in total. The van der Waals surface area contributed by atoms with Crippen LogP contribution in [0.5, 0.6) is 0 Å². The molecule has 0 fully saturated rings. The first-order valence-electron chi connectivity index (χ1n) is 5.79. The number of hydrogen-bond donors (Lipinski definition) is 1. The maximum absolute atomic E-state index is 13.4. The van der Waals surface area contributed by atoms with Gasteiger partial charge in [-0.2, -0.15) is 0 Å². The van der Waals surface area contributed by atoms with Gasteiger partial charge in [-0.25, -0.2) is 8.78 Å². The van der Waals surface area contributed by atoms with Gasteiger partial charge in [0.15, 0.2) is 0 Å². The highest BCUT2D eigenvalue weighted by Gasteiger charge is 2.17. The molecule has 1 atom stereocenters. The van der Waals surface area contributed by atoms with Crippen molar-refractivity contribution in [1.29, 1.82) is 0 Å². The average molecular weight is 327 g/mol. The third kappa shape index (κ3) is 3.01. The Hall–Kier alpha value is -1.26. The smallest absolute Gasteiger partial charge is 0.124 e. The molecule has 1 N–H and O–H groups in total. The fourth-order valence-electron chi connectivity index (χ4n) is 2.25. The summed E-state index contributed by atoms with van der Waals surface area (Å²) in [5.74, 6) is -0.771. The lowest BCUT2D eigenvalue weighted by Crippen LogP contribution is -2.06. The van der Waals surface area contributed by atoms with Gasteiger partial charge in [-0.15, -0.1) is 0 Å². The van der Waals surface area contributed by atoms with Gasteiger partial charge in [-0.1, -0.05) is 15.9 Å². The fourth-order valence-corrected chi connectivity index (χ4v) is 2.74. The molecule has 2 aromatic carbocycles. The Morgan fingerprint density at radius 1 is 0.947 bits per heavy atom. The third-order valence-electron chi connectivity index (χ3n) is 3.03. The number of hydrogen-bond acceptors (Lipinski definition) is 1. The van der Waals surface area contributed by atoms with Gasteiger partial charge in [0.2, 0.25) is 0 Å². The predicted molar refractivity (Wildman–Crippen MR) is 74.0 cm³/mol. The summed E-state index contributed by atoms with van der Waals surface area (Å²) in [5, 5.41) is 10.4. The maximum Gasteiger partial charge on any atom is 0.124 e. The summed E-state index contributed by atoms with van der Waals surface area (Å²) in [6, 6.07) is 6.97. The molecule has 100 valence electrons. The zero-order valence-electron chi connectivity index (χ0n) is 10.5. The molecule has 0 saturated heterocycles. The third-order valence-corrected chi connectivity index (χ3v) is 3.49. The molecule has 2 aromatic rings. The first kappa shape index (κ1) is 14.2. The van der Waals surface area contributed by atoms with Crippen molar-refractivity contribution >= 4 is 15.9 Å². The van der Waals surface area contributed by atoms with Gasteiger partial charge >= 0.3 is 0 Å². The molecule has 0 heterocycles. The van der Waals surface area contributed by atoms with Gasteiger partial charge in [-0.05, 0) is 66.4 Å². The summed E-state index contributed by atoms with van der Waals surface area (Å²) in [6.45, 7) is 3.45. The van der Waals surface area contributed by atoms with Crippen molar-refractivity contribution in [2.45, 2.75) is 20.0 Å². The van der Waals surface area contributed by atoms with Crippen LogP contribution in [-0.2, 0) is 0 Å². The van der Waals surface area contributed by atoms with Crippen molar-refractivity contribution in [3.05, 3.63) is 68.7 Å². The number of benzene rings is 2. The zero-order valence-corrected chi connectivity index (χ0v) is 12.1. The second kappa shape index (κ2) is 5.39. The van der Waals surface area contributed by atoms with E-state index in [0.717, 1.165) is 0 Å². The molecule has 0 aliphatic rings. The van der Waals surface area contributed by atoms with Crippen LogP contribution in [0.1, 0.15) is 28.4 Å². The largest absolute Gasteiger partial charge is 0.384 e. The Bertz CT molecular complexity index is 582. The molecule has 0 aromatic heterocycles. The molecule has 0 aliphatic heterocycles. The Balaban J connectivity index is 2.52. The number of aliphatic hydroxyl groups is 1. The van der Waals surface area contributed by atoms with Crippen LogP contribution < -0.4 is 0 Å². The minimum absolute atomic E-state index is 0.341. The topological polar surface area (TPSA) is 20.2 Å². The molecule has 0 aliphatic carbocycles. The van der Waals surface area contributed by atoms with Gasteiger partial charge in [0.25, 0.3) is 0 Å². The van der Waals surface area contributed by atoms with Gasteiger partial charge < -0.3 is 5.11 Å². The van der Waals surface area contributed by atoms with Crippen molar-refractivity contribution in [1.82, 2.24) is 0 Å². The van der Waals surface area contributed by atoms with Crippen LogP contribution in [0.4, 0.5) is 8.78 Å². The Morgan fingerprint density at radius 3 is 2.00 bits per heavy atom. The minimum atomic E-state index is -0.979. The highest BCUT2D eigenvalue weighted by molar-refractivity contribution is 9.10. The average Bonchev–Trinajstić information content (AvgIpc) is 2.25. The van der Waals surface area contributed by atoms with Gasteiger partial charge in [-0.3, -0.25) is 0 Å². The van der Waals surface area contributed by atoms with Crippen LogP contribution in [0.15, 0.2) is 34.8 Å². The van der Waals surface area contributed by atoms with Gasteiger partial charge in [0, 0.05) is 4.47 Å². The lowest BCUT2D eigenvalue weighted by atomic mass is 9.93. The van der Waals surface area contributed by atoms with Crippen molar-refractivity contribution < 1.29 is 13.9 Å². The molecular formula is C15H13BrF2O. The summed E-state index contributed by atoms with van der Waals surface area (Å²) in [7, 11) is 0. The number of halogens is 3. The van der Waals surface area contributed by atoms with Crippen LogP contribution in [0.25, 0.3) is 0 Å². The molecule has 0 amide bonds. The van der Waals surface area contributed by atoms with E-state index in [0.29, 0.717) is 26.7 Å². The van der Waals surface area contributed by atoms with Crippen molar-refractivity contribution in [3.63, 3.8) is 0 Å². The van der Waals surface area contributed by atoms with E-state index in [9.17, 15) is 13.9 Å². The number of aryl methyl sites for hydroxylation is 2. The Labute approximate surface area is 119 Å². The molecule has 1 unspecified atom stereocenters. The van der Waals surface area contributed by atoms with Crippen LogP contribution in [0, 0.1) is 25.5 Å². The Morgan fingerprint density at radius 2 is 1.47 bits per heavy atom. The fraction of sp³-hybridized carbons (Fsp3) is 0.200. The summed E-state index contributed by atoms with van der Waals surface area (Å²) in [6.07, 6.45) is -0.979. The quantitative estimate of drug-likeness (QED) is 0.865. The predicted octanol–water partition coefficient (Wildman–Crippen LogP) is 4.43. The van der Waals surface area contributed by atoms with Crippen LogP contribution in [-0.4, -0.2) is 5.11 Å². The zero-order chi connectivity index (χ0) is 14.2. The molecule has 4 heteroatoms. The molecule has 0 radical (unpaired) electrons. The SMILES string of the molecule is Cc1cc(F)cc(C)c1C(O)c1cc(F)cc(Br)c1. The molecule has 19 heavy (non-hydrogen) atoms. The minimum Gasteiger partial charge on any atom is -0.384 e. The summed E-state index contributed by atoms with van der Waals surface area (Å²) >= 11 is 3.19. The monoisotopic (exact) mass is 326 g/mol.